The van der Waals surface area contributed by atoms with E-state index in [1.165, 1.54) is 0 Å². The first-order chi connectivity index (χ1) is 10.1. The quantitative estimate of drug-likeness (QED) is 0.556. The second-order valence-corrected chi connectivity index (χ2v) is 5.21. The minimum Gasteiger partial charge on any atom is -0.387 e. The Balaban J connectivity index is 2.10. The molecule has 3 aromatic rings. The van der Waals surface area contributed by atoms with Crippen LogP contribution in [-0.2, 0) is 0 Å². The summed E-state index contributed by atoms with van der Waals surface area (Å²) in [6.07, 6.45) is 0. The van der Waals surface area contributed by atoms with Gasteiger partial charge in [-0.05, 0) is 37.3 Å². The van der Waals surface area contributed by atoms with Gasteiger partial charge in [0.1, 0.15) is 0 Å². The van der Waals surface area contributed by atoms with Gasteiger partial charge in [0.2, 0.25) is 0 Å². The van der Waals surface area contributed by atoms with Gasteiger partial charge in [0.25, 0.3) is 0 Å². The van der Waals surface area contributed by atoms with Gasteiger partial charge < -0.3 is 5.73 Å². The summed E-state index contributed by atoms with van der Waals surface area (Å²) in [5.41, 5.74) is 9.13. The molecule has 0 saturated carbocycles. The molecule has 0 amide bonds. The van der Waals surface area contributed by atoms with Gasteiger partial charge in [0, 0.05) is 16.0 Å². The highest BCUT2D eigenvalue weighted by atomic mass is 35.5. The van der Waals surface area contributed by atoms with Crippen molar-refractivity contribution < 1.29 is 0 Å². The number of fused-ring (bicyclic) bond motifs is 1. The number of aromatic nitrogens is 1. The zero-order chi connectivity index (χ0) is 14.8. The molecule has 2 aromatic carbocycles. The number of pyridine rings is 1. The highest BCUT2D eigenvalue weighted by Crippen LogP contribution is 2.28. The molecule has 1 heterocycles. The van der Waals surface area contributed by atoms with E-state index in [0.29, 0.717) is 10.9 Å². The summed E-state index contributed by atoms with van der Waals surface area (Å²) < 4.78 is 0. The Kier molecular flexibility index (Phi) is 3.59. The molecular weight excluding hydrogens is 282 g/mol. The van der Waals surface area contributed by atoms with Gasteiger partial charge in [-0.25, -0.2) is 9.98 Å². The lowest BCUT2D eigenvalue weighted by Crippen LogP contribution is -2.03. The van der Waals surface area contributed by atoms with Crippen LogP contribution in [0.3, 0.4) is 0 Å². The largest absolute Gasteiger partial charge is 0.387 e. The molecule has 0 aliphatic carbocycles. The minimum absolute atomic E-state index is 0.537. The van der Waals surface area contributed by atoms with Crippen LogP contribution in [0.2, 0.25) is 5.02 Å². The molecule has 0 spiro atoms. The number of rotatable bonds is 2. The van der Waals surface area contributed by atoms with Crippen LogP contribution in [0, 0.1) is 0 Å². The molecule has 4 heteroatoms. The number of hydrogen-bond acceptors (Lipinski definition) is 2. The third kappa shape index (κ3) is 2.88. The highest BCUT2D eigenvalue weighted by Gasteiger charge is 2.05. The summed E-state index contributed by atoms with van der Waals surface area (Å²) in [5, 5.41) is 1.72. The van der Waals surface area contributed by atoms with Crippen LogP contribution < -0.4 is 5.73 Å². The van der Waals surface area contributed by atoms with Crippen LogP contribution in [0.5, 0.6) is 0 Å². The van der Waals surface area contributed by atoms with Crippen molar-refractivity contribution in [2.75, 3.05) is 0 Å². The van der Waals surface area contributed by atoms with E-state index >= 15 is 0 Å². The van der Waals surface area contributed by atoms with E-state index < -0.39 is 0 Å². The monoisotopic (exact) mass is 295 g/mol. The number of nitrogens with two attached hydrogens (primary N) is 1. The van der Waals surface area contributed by atoms with Gasteiger partial charge in [-0.1, -0.05) is 35.9 Å². The Morgan fingerprint density at radius 2 is 1.90 bits per heavy atom. The van der Waals surface area contributed by atoms with Gasteiger partial charge >= 0.3 is 0 Å². The first-order valence-electron chi connectivity index (χ1n) is 6.60. The van der Waals surface area contributed by atoms with Crippen LogP contribution in [0.15, 0.2) is 59.6 Å². The van der Waals surface area contributed by atoms with Crippen molar-refractivity contribution in [3.63, 3.8) is 0 Å². The molecule has 21 heavy (non-hydrogen) atoms. The van der Waals surface area contributed by atoms with E-state index in [0.717, 1.165) is 27.8 Å². The molecule has 1 aromatic heterocycles. The average Bonchev–Trinajstić information content (AvgIpc) is 2.47. The highest BCUT2D eigenvalue weighted by molar-refractivity contribution is 6.33. The minimum atomic E-state index is 0.537. The Bertz CT molecular complexity index is 836. The number of amidine groups is 1. The Morgan fingerprint density at radius 3 is 2.67 bits per heavy atom. The number of aliphatic imine (C=N–C) groups is 1. The van der Waals surface area contributed by atoms with Gasteiger partial charge in [0.15, 0.2) is 0 Å². The van der Waals surface area contributed by atoms with Crippen molar-refractivity contribution >= 4 is 34.0 Å². The molecule has 3 rings (SSSR count). The van der Waals surface area contributed by atoms with E-state index in [1.807, 2.05) is 54.6 Å². The number of hydrogen-bond donors (Lipinski definition) is 1. The van der Waals surface area contributed by atoms with Crippen molar-refractivity contribution in [2.45, 2.75) is 6.92 Å². The number of halogens is 1. The molecule has 3 nitrogen and oxygen atoms in total. The maximum absolute atomic E-state index is 6.22. The number of nitrogens with zero attached hydrogens (tertiary/aromatic N) is 2. The molecule has 0 unspecified atom stereocenters. The number of benzene rings is 2. The van der Waals surface area contributed by atoms with Gasteiger partial charge in [0.05, 0.1) is 22.7 Å². The van der Waals surface area contributed by atoms with Crippen LogP contribution in [0.1, 0.15) is 6.92 Å². The maximum Gasteiger partial charge on any atom is 0.0964 e. The van der Waals surface area contributed by atoms with Crippen LogP contribution in [-0.4, -0.2) is 10.8 Å². The molecule has 0 bridgehead atoms. The zero-order valence-electron chi connectivity index (χ0n) is 11.5. The van der Waals surface area contributed by atoms with Gasteiger partial charge in [-0.15, -0.1) is 0 Å². The fraction of sp³-hybridized carbons (Fsp3) is 0.0588. The first kappa shape index (κ1) is 13.6. The van der Waals surface area contributed by atoms with E-state index in [-0.39, 0.29) is 0 Å². The molecule has 0 aliphatic rings. The predicted molar refractivity (Wildman–Crippen MR) is 89.1 cm³/mol. The van der Waals surface area contributed by atoms with Gasteiger partial charge in [-0.3, -0.25) is 0 Å². The SMILES string of the molecule is CC(N)=Nc1ccc2nc(-c3ccccc3Cl)ccc2c1. The first-order valence-corrected chi connectivity index (χ1v) is 6.98. The lowest BCUT2D eigenvalue weighted by Gasteiger charge is -2.06. The van der Waals surface area contributed by atoms with Crippen molar-refractivity contribution in [1.82, 2.24) is 4.98 Å². The maximum atomic E-state index is 6.22. The molecule has 0 aliphatic heterocycles. The fourth-order valence-corrected chi connectivity index (χ4v) is 2.44. The van der Waals surface area contributed by atoms with E-state index in [1.54, 1.807) is 6.92 Å². The van der Waals surface area contributed by atoms with E-state index in [4.69, 9.17) is 17.3 Å². The summed E-state index contributed by atoms with van der Waals surface area (Å²) in [4.78, 5) is 8.91. The van der Waals surface area contributed by atoms with Crippen molar-refractivity contribution in [3.05, 3.63) is 59.6 Å². The molecular formula is C17H14ClN3. The van der Waals surface area contributed by atoms with Crippen molar-refractivity contribution in [3.8, 4) is 11.3 Å². The lowest BCUT2D eigenvalue weighted by atomic mass is 10.1. The lowest BCUT2D eigenvalue weighted by molar-refractivity contribution is 1.39. The Hall–Kier alpha value is -2.39. The fourth-order valence-electron chi connectivity index (χ4n) is 2.21. The van der Waals surface area contributed by atoms with Crippen LogP contribution >= 0.6 is 11.6 Å². The van der Waals surface area contributed by atoms with Crippen molar-refractivity contribution in [2.24, 2.45) is 10.7 Å². The van der Waals surface area contributed by atoms with Crippen LogP contribution in [0.25, 0.3) is 22.2 Å². The summed E-state index contributed by atoms with van der Waals surface area (Å²) in [5.74, 6) is 0.537. The second kappa shape index (κ2) is 5.54. The normalized spacial score (nSPS) is 11.8. The Morgan fingerprint density at radius 1 is 1.10 bits per heavy atom. The summed E-state index contributed by atoms with van der Waals surface area (Å²) >= 11 is 6.22. The smallest absolute Gasteiger partial charge is 0.0964 e. The summed E-state index contributed by atoms with van der Waals surface area (Å²) in [7, 11) is 0. The average molecular weight is 296 g/mol. The summed E-state index contributed by atoms with van der Waals surface area (Å²) in [6.45, 7) is 1.77. The third-order valence-electron chi connectivity index (χ3n) is 3.13. The molecule has 104 valence electrons. The standard InChI is InChI=1S/C17H14ClN3/c1-11(19)20-13-7-9-16-12(10-13)6-8-17(21-16)14-4-2-3-5-15(14)18/h2-10H,1H3,(H2,19,20). The predicted octanol–water partition coefficient (Wildman–Crippen LogP) is 4.56. The molecule has 0 atom stereocenters. The zero-order valence-corrected chi connectivity index (χ0v) is 12.3. The molecule has 0 saturated heterocycles. The molecule has 2 N–H and O–H groups in total. The van der Waals surface area contributed by atoms with E-state index in [2.05, 4.69) is 9.98 Å². The van der Waals surface area contributed by atoms with Gasteiger partial charge in [-0.2, -0.15) is 0 Å². The Labute approximate surface area is 128 Å². The second-order valence-electron chi connectivity index (χ2n) is 4.81. The molecule has 0 radical (unpaired) electrons. The van der Waals surface area contributed by atoms with Crippen LogP contribution in [0.4, 0.5) is 5.69 Å². The summed E-state index contributed by atoms with van der Waals surface area (Å²) in [6, 6.07) is 17.5. The molecule has 0 fully saturated rings. The topological polar surface area (TPSA) is 51.3 Å². The van der Waals surface area contributed by atoms with Crippen molar-refractivity contribution in [1.29, 1.82) is 0 Å². The third-order valence-corrected chi connectivity index (χ3v) is 3.46. The van der Waals surface area contributed by atoms with E-state index in [9.17, 15) is 0 Å².